The summed E-state index contributed by atoms with van der Waals surface area (Å²) in [4.78, 5) is 0. The fourth-order valence-corrected chi connectivity index (χ4v) is 2.93. The third kappa shape index (κ3) is 3.70. The minimum atomic E-state index is -3.66. The minimum Gasteiger partial charge on any atom is -0.371 e. The molecule has 0 saturated heterocycles. The second-order valence-corrected chi connectivity index (χ2v) is 6.98. The van der Waals surface area contributed by atoms with Gasteiger partial charge in [-0.25, -0.2) is 0 Å². The van der Waals surface area contributed by atoms with Crippen molar-refractivity contribution in [1.82, 2.24) is 4.31 Å². The highest BCUT2D eigenvalue weighted by Gasteiger charge is 2.17. The van der Waals surface area contributed by atoms with E-state index in [1.54, 1.807) is 12.1 Å². The molecule has 0 aromatic heterocycles. The van der Waals surface area contributed by atoms with E-state index in [-0.39, 0.29) is 0 Å². The lowest BCUT2D eigenvalue weighted by Crippen LogP contribution is -2.27. The van der Waals surface area contributed by atoms with Crippen molar-refractivity contribution in [3.63, 3.8) is 0 Å². The molecule has 1 aromatic carbocycles. The molecule has 1 aliphatic carbocycles. The predicted octanol–water partition coefficient (Wildman–Crippen LogP) is 2.92. The average molecular weight is 283 g/mol. The molecule has 0 aliphatic heterocycles. The van der Waals surface area contributed by atoms with Gasteiger partial charge in [-0.2, -0.15) is 12.7 Å². The Balaban J connectivity index is 2.06. The number of nitrogens with zero attached hydrogens (tertiary/aromatic N) is 1. The Kier molecular flexibility index (Phi) is 4.47. The Bertz CT molecular complexity index is 502. The normalized spacial score (nSPS) is 17.6. The van der Waals surface area contributed by atoms with Crippen molar-refractivity contribution in [1.29, 1.82) is 0 Å². The maximum absolute atomic E-state index is 11.6. The van der Waals surface area contributed by atoms with E-state index in [1.807, 2.05) is 12.1 Å². The van der Waals surface area contributed by atoms with Crippen LogP contribution < -0.4 is 4.18 Å². The van der Waals surface area contributed by atoms with Crippen LogP contribution >= 0.6 is 0 Å². The molecule has 4 nitrogen and oxygen atoms in total. The summed E-state index contributed by atoms with van der Waals surface area (Å²) in [5, 5.41) is 0. The summed E-state index contributed by atoms with van der Waals surface area (Å²) < 4.78 is 29.2. The lowest BCUT2D eigenvalue weighted by Gasteiger charge is -2.22. The maximum Gasteiger partial charge on any atom is 0.384 e. The zero-order valence-corrected chi connectivity index (χ0v) is 12.3. The van der Waals surface area contributed by atoms with Crippen molar-refractivity contribution < 1.29 is 12.6 Å². The molecule has 0 atom stereocenters. The van der Waals surface area contributed by atoms with Crippen LogP contribution in [0.25, 0.3) is 0 Å². The monoisotopic (exact) mass is 283 g/mol. The van der Waals surface area contributed by atoms with Gasteiger partial charge in [-0.15, -0.1) is 0 Å². The molecule has 19 heavy (non-hydrogen) atoms. The van der Waals surface area contributed by atoms with Gasteiger partial charge in [0.25, 0.3) is 0 Å². The summed E-state index contributed by atoms with van der Waals surface area (Å²) in [6.45, 7) is 0. The van der Waals surface area contributed by atoms with Crippen molar-refractivity contribution in [2.75, 3.05) is 14.1 Å². The van der Waals surface area contributed by atoms with Crippen LogP contribution in [0.2, 0.25) is 0 Å². The summed E-state index contributed by atoms with van der Waals surface area (Å²) in [7, 11) is -0.755. The van der Waals surface area contributed by atoms with E-state index < -0.39 is 10.3 Å². The van der Waals surface area contributed by atoms with Gasteiger partial charge in [0.05, 0.1) is 0 Å². The molecule has 0 radical (unpaired) electrons. The summed E-state index contributed by atoms with van der Waals surface area (Å²) >= 11 is 0. The summed E-state index contributed by atoms with van der Waals surface area (Å²) in [6, 6.07) is 7.45. The van der Waals surface area contributed by atoms with Crippen molar-refractivity contribution in [3.8, 4) is 5.75 Å². The van der Waals surface area contributed by atoms with Gasteiger partial charge in [0.2, 0.25) is 0 Å². The van der Waals surface area contributed by atoms with Crippen LogP contribution in [-0.4, -0.2) is 26.8 Å². The summed E-state index contributed by atoms with van der Waals surface area (Å²) in [6.07, 6.45) is 6.38. The minimum absolute atomic E-state index is 0.369. The standard InChI is InChI=1S/C14H21NO3S/c1-15(2)19(16,17)18-14-10-8-13(9-11-14)12-6-4-3-5-7-12/h8-12H,3-7H2,1-2H3. The number of hydrogen-bond donors (Lipinski definition) is 0. The van der Waals surface area contributed by atoms with Gasteiger partial charge >= 0.3 is 10.3 Å². The topological polar surface area (TPSA) is 46.6 Å². The quantitative estimate of drug-likeness (QED) is 0.853. The maximum atomic E-state index is 11.6. The largest absolute Gasteiger partial charge is 0.384 e. The smallest absolute Gasteiger partial charge is 0.371 e. The molecular formula is C14H21NO3S. The number of rotatable bonds is 4. The highest BCUT2D eigenvalue weighted by molar-refractivity contribution is 7.84. The van der Waals surface area contributed by atoms with Crippen LogP contribution in [0.4, 0.5) is 0 Å². The average Bonchev–Trinajstić information content (AvgIpc) is 2.40. The molecular weight excluding hydrogens is 262 g/mol. The predicted molar refractivity (Wildman–Crippen MR) is 75.5 cm³/mol. The van der Waals surface area contributed by atoms with Crippen LogP contribution in [0.3, 0.4) is 0 Å². The summed E-state index contributed by atoms with van der Waals surface area (Å²) in [5.74, 6) is 0.988. The molecule has 0 unspecified atom stereocenters. The molecule has 5 heteroatoms. The Hall–Kier alpha value is -1.07. The van der Waals surface area contributed by atoms with Gasteiger partial charge in [0, 0.05) is 14.1 Å². The first-order valence-electron chi connectivity index (χ1n) is 6.71. The van der Waals surface area contributed by atoms with Crippen LogP contribution in [0.1, 0.15) is 43.6 Å². The molecule has 1 fully saturated rings. The van der Waals surface area contributed by atoms with Gasteiger partial charge in [-0.1, -0.05) is 31.4 Å². The van der Waals surface area contributed by atoms with Crippen LogP contribution in [0.5, 0.6) is 5.75 Å². The lowest BCUT2D eigenvalue weighted by atomic mass is 9.84. The molecule has 0 heterocycles. The zero-order valence-electron chi connectivity index (χ0n) is 11.5. The van der Waals surface area contributed by atoms with Gasteiger partial charge in [-0.05, 0) is 36.5 Å². The Morgan fingerprint density at radius 2 is 1.63 bits per heavy atom. The third-order valence-electron chi connectivity index (χ3n) is 3.61. The fourth-order valence-electron chi connectivity index (χ4n) is 2.43. The Labute approximate surface area is 115 Å². The molecule has 1 aromatic rings. The van der Waals surface area contributed by atoms with E-state index in [4.69, 9.17) is 4.18 Å². The molecule has 1 aliphatic rings. The molecule has 0 amide bonds. The Morgan fingerprint density at radius 1 is 1.05 bits per heavy atom. The first-order valence-corrected chi connectivity index (χ1v) is 8.07. The van der Waals surface area contributed by atoms with Gasteiger partial charge in [-0.3, -0.25) is 0 Å². The molecule has 106 valence electrons. The molecule has 0 N–H and O–H groups in total. The van der Waals surface area contributed by atoms with Gasteiger partial charge in [0.15, 0.2) is 0 Å². The second kappa shape index (κ2) is 5.92. The number of benzene rings is 1. The Morgan fingerprint density at radius 3 is 2.16 bits per heavy atom. The van der Waals surface area contributed by atoms with Crippen LogP contribution in [0, 0.1) is 0 Å². The van der Waals surface area contributed by atoms with Crippen LogP contribution in [-0.2, 0) is 10.3 Å². The van der Waals surface area contributed by atoms with Gasteiger partial charge < -0.3 is 4.18 Å². The van der Waals surface area contributed by atoms with Crippen molar-refractivity contribution >= 4 is 10.3 Å². The fraction of sp³-hybridized carbons (Fsp3) is 0.571. The second-order valence-electron chi connectivity index (χ2n) is 5.23. The first-order chi connectivity index (χ1) is 8.99. The molecule has 2 rings (SSSR count). The highest BCUT2D eigenvalue weighted by Crippen LogP contribution is 2.33. The van der Waals surface area contributed by atoms with Crippen molar-refractivity contribution in [3.05, 3.63) is 29.8 Å². The molecule has 1 saturated carbocycles. The van der Waals surface area contributed by atoms with E-state index in [9.17, 15) is 8.42 Å². The lowest BCUT2D eigenvalue weighted by molar-refractivity contribution is 0.420. The van der Waals surface area contributed by atoms with E-state index in [0.29, 0.717) is 11.7 Å². The van der Waals surface area contributed by atoms with E-state index in [2.05, 4.69) is 0 Å². The van der Waals surface area contributed by atoms with Gasteiger partial charge in [0.1, 0.15) is 5.75 Å². The third-order valence-corrected chi connectivity index (χ3v) is 4.90. The SMILES string of the molecule is CN(C)S(=O)(=O)Oc1ccc(C2CCCCC2)cc1. The highest BCUT2D eigenvalue weighted by atomic mass is 32.2. The first kappa shape index (κ1) is 14.3. The zero-order chi connectivity index (χ0) is 13.9. The number of hydrogen-bond acceptors (Lipinski definition) is 3. The van der Waals surface area contributed by atoms with Crippen LogP contribution in [0.15, 0.2) is 24.3 Å². The van der Waals surface area contributed by atoms with E-state index >= 15 is 0 Å². The van der Waals surface area contributed by atoms with E-state index in [1.165, 1.54) is 51.8 Å². The van der Waals surface area contributed by atoms with Crippen molar-refractivity contribution in [2.45, 2.75) is 38.0 Å². The molecule has 0 bridgehead atoms. The molecule has 0 spiro atoms. The van der Waals surface area contributed by atoms with Crippen molar-refractivity contribution in [2.24, 2.45) is 0 Å². The van der Waals surface area contributed by atoms with E-state index in [0.717, 1.165) is 4.31 Å². The summed E-state index contributed by atoms with van der Waals surface area (Å²) in [5.41, 5.74) is 1.29.